The van der Waals surface area contributed by atoms with Crippen LogP contribution in [0.25, 0.3) is 0 Å². The van der Waals surface area contributed by atoms with Gasteiger partial charge in [0.1, 0.15) is 0 Å². The first-order valence-electron chi connectivity index (χ1n) is 7.39. The molecule has 3 unspecified atom stereocenters. The highest BCUT2D eigenvalue weighted by Crippen LogP contribution is 2.35. The predicted molar refractivity (Wildman–Crippen MR) is 83.8 cm³/mol. The Bertz CT molecular complexity index is 531. The van der Waals surface area contributed by atoms with Crippen molar-refractivity contribution >= 4 is 21.8 Å². The molecule has 3 atom stereocenters. The molecule has 2 fully saturated rings. The Morgan fingerprint density at radius 1 is 1.45 bits per heavy atom. The maximum Gasteiger partial charge on any atom is 0.254 e. The minimum Gasteiger partial charge on any atom is -0.335 e. The van der Waals surface area contributed by atoms with E-state index in [1.165, 1.54) is 0 Å². The van der Waals surface area contributed by atoms with E-state index >= 15 is 0 Å². The Balaban J connectivity index is 1.84. The SMILES string of the molecule is CCC1C2CNCC2CN1C(=O)c1ccc(C)c(Br)c1. The summed E-state index contributed by atoms with van der Waals surface area (Å²) in [4.78, 5) is 14.9. The van der Waals surface area contributed by atoms with E-state index in [1.54, 1.807) is 0 Å². The standard InChI is InChI=1S/C16H21BrN2O/c1-3-15-13-8-18-7-12(13)9-19(15)16(20)11-5-4-10(2)14(17)6-11/h4-6,12-13,15,18H,3,7-9H2,1-2H3. The molecule has 0 bridgehead atoms. The Hall–Kier alpha value is -0.870. The van der Waals surface area contributed by atoms with Crippen LogP contribution in [0.3, 0.4) is 0 Å². The van der Waals surface area contributed by atoms with Crippen molar-refractivity contribution in [1.29, 1.82) is 0 Å². The van der Waals surface area contributed by atoms with Crippen LogP contribution >= 0.6 is 15.9 Å². The maximum absolute atomic E-state index is 12.8. The minimum absolute atomic E-state index is 0.187. The summed E-state index contributed by atoms with van der Waals surface area (Å²) in [5.74, 6) is 1.46. The smallest absolute Gasteiger partial charge is 0.254 e. The van der Waals surface area contributed by atoms with Gasteiger partial charge in [0.05, 0.1) is 0 Å². The zero-order valence-corrected chi connectivity index (χ0v) is 13.6. The summed E-state index contributed by atoms with van der Waals surface area (Å²) in [7, 11) is 0. The van der Waals surface area contributed by atoms with E-state index in [-0.39, 0.29) is 5.91 Å². The molecule has 0 spiro atoms. The fraction of sp³-hybridized carbons (Fsp3) is 0.562. The summed E-state index contributed by atoms with van der Waals surface area (Å²) in [6.07, 6.45) is 1.04. The molecule has 1 amide bonds. The summed E-state index contributed by atoms with van der Waals surface area (Å²) in [6.45, 7) is 7.25. The van der Waals surface area contributed by atoms with E-state index in [0.717, 1.165) is 41.7 Å². The molecule has 4 heteroatoms. The Morgan fingerprint density at radius 2 is 2.25 bits per heavy atom. The number of carbonyl (C=O) groups is 1. The van der Waals surface area contributed by atoms with Gasteiger partial charge in [0.2, 0.25) is 0 Å². The lowest BCUT2D eigenvalue weighted by atomic mass is 9.93. The van der Waals surface area contributed by atoms with Crippen molar-refractivity contribution in [2.24, 2.45) is 11.8 Å². The van der Waals surface area contributed by atoms with Crippen LogP contribution < -0.4 is 5.32 Å². The van der Waals surface area contributed by atoms with Crippen LogP contribution in [0.1, 0.15) is 29.3 Å². The number of rotatable bonds is 2. The molecule has 3 rings (SSSR count). The number of nitrogens with one attached hydrogen (secondary N) is 1. The lowest BCUT2D eigenvalue weighted by Crippen LogP contribution is -2.39. The van der Waals surface area contributed by atoms with Crippen molar-refractivity contribution in [2.75, 3.05) is 19.6 Å². The molecular formula is C16H21BrN2O. The summed E-state index contributed by atoms with van der Waals surface area (Å²) < 4.78 is 1.01. The largest absolute Gasteiger partial charge is 0.335 e. The molecule has 0 saturated carbocycles. The third kappa shape index (κ3) is 2.29. The van der Waals surface area contributed by atoms with Gasteiger partial charge in [-0.2, -0.15) is 0 Å². The number of hydrogen-bond donors (Lipinski definition) is 1. The van der Waals surface area contributed by atoms with Gasteiger partial charge >= 0.3 is 0 Å². The van der Waals surface area contributed by atoms with Gasteiger partial charge in [0, 0.05) is 35.7 Å². The van der Waals surface area contributed by atoms with Crippen molar-refractivity contribution in [2.45, 2.75) is 26.3 Å². The first-order valence-corrected chi connectivity index (χ1v) is 8.19. The zero-order valence-electron chi connectivity index (χ0n) is 12.0. The number of aryl methyl sites for hydroxylation is 1. The van der Waals surface area contributed by atoms with Gasteiger partial charge in [0.25, 0.3) is 5.91 Å². The summed E-state index contributed by atoms with van der Waals surface area (Å²) in [5.41, 5.74) is 1.96. The Kier molecular flexibility index (Phi) is 3.87. The number of benzene rings is 1. The molecule has 1 N–H and O–H groups in total. The van der Waals surface area contributed by atoms with E-state index in [2.05, 4.69) is 33.1 Å². The Morgan fingerprint density at radius 3 is 2.95 bits per heavy atom. The van der Waals surface area contributed by atoms with Gasteiger partial charge in [-0.3, -0.25) is 4.79 Å². The van der Waals surface area contributed by atoms with Crippen LogP contribution in [-0.4, -0.2) is 36.5 Å². The van der Waals surface area contributed by atoms with Crippen LogP contribution in [0.2, 0.25) is 0 Å². The summed E-state index contributed by atoms with van der Waals surface area (Å²) in [6, 6.07) is 6.30. The number of amides is 1. The summed E-state index contributed by atoms with van der Waals surface area (Å²) >= 11 is 3.52. The third-order valence-electron chi connectivity index (χ3n) is 4.82. The van der Waals surface area contributed by atoms with Crippen molar-refractivity contribution in [3.63, 3.8) is 0 Å². The van der Waals surface area contributed by atoms with E-state index in [0.29, 0.717) is 17.9 Å². The average Bonchev–Trinajstić information content (AvgIpc) is 3.01. The first kappa shape index (κ1) is 14.1. The van der Waals surface area contributed by atoms with Crippen LogP contribution in [-0.2, 0) is 0 Å². The zero-order chi connectivity index (χ0) is 14.3. The Labute approximate surface area is 128 Å². The molecule has 1 aromatic carbocycles. The molecule has 0 radical (unpaired) electrons. The monoisotopic (exact) mass is 336 g/mol. The molecule has 20 heavy (non-hydrogen) atoms. The number of nitrogens with zero attached hydrogens (tertiary/aromatic N) is 1. The molecule has 3 nitrogen and oxygen atoms in total. The molecule has 2 heterocycles. The second-order valence-electron chi connectivity index (χ2n) is 5.98. The molecule has 2 aliphatic heterocycles. The van der Waals surface area contributed by atoms with E-state index in [4.69, 9.17) is 0 Å². The van der Waals surface area contributed by atoms with E-state index in [1.807, 2.05) is 25.1 Å². The van der Waals surface area contributed by atoms with Gasteiger partial charge < -0.3 is 10.2 Å². The van der Waals surface area contributed by atoms with Crippen LogP contribution in [0.15, 0.2) is 22.7 Å². The molecule has 2 saturated heterocycles. The summed E-state index contributed by atoms with van der Waals surface area (Å²) in [5, 5.41) is 3.46. The molecule has 2 aliphatic rings. The highest BCUT2D eigenvalue weighted by molar-refractivity contribution is 9.10. The lowest BCUT2D eigenvalue weighted by Gasteiger charge is -2.27. The molecule has 1 aromatic rings. The molecule has 108 valence electrons. The fourth-order valence-electron chi connectivity index (χ4n) is 3.67. The highest BCUT2D eigenvalue weighted by Gasteiger charge is 2.45. The van der Waals surface area contributed by atoms with Crippen molar-refractivity contribution in [1.82, 2.24) is 10.2 Å². The number of carbonyl (C=O) groups excluding carboxylic acids is 1. The van der Waals surface area contributed by atoms with E-state index in [9.17, 15) is 4.79 Å². The number of hydrogen-bond acceptors (Lipinski definition) is 2. The van der Waals surface area contributed by atoms with Crippen molar-refractivity contribution < 1.29 is 4.79 Å². The average molecular weight is 337 g/mol. The molecule has 0 aliphatic carbocycles. The van der Waals surface area contributed by atoms with Crippen LogP contribution in [0, 0.1) is 18.8 Å². The number of likely N-dealkylation sites (tertiary alicyclic amines) is 1. The second kappa shape index (κ2) is 5.49. The van der Waals surface area contributed by atoms with Gasteiger partial charge in [-0.1, -0.05) is 28.9 Å². The quantitative estimate of drug-likeness (QED) is 0.900. The second-order valence-corrected chi connectivity index (χ2v) is 6.83. The molecule has 0 aromatic heterocycles. The van der Waals surface area contributed by atoms with Gasteiger partial charge in [0.15, 0.2) is 0 Å². The van der Waals surface area contributed by atoms with Gasteiger partial charge in [-0.15, -0.1) is 0 Å². The predicted octanol–water partition coefficient (Wildman–Crippen LogP) is 2.83. The number of fused-ring (bicyclic) bond motifs is 1. The van der Waals surface area contributed by atoms with Gasteiger partial charge in [-0.05, 0) is 42.9 Å². The third-order valence-corrected chi connectivity index (χ3v) is 5.67. The number of halogens is 1. The van der Waals surface area contributed by atoms with E-state index < -0.39 is 0 Å². The first-order chi connectivity index (χ1) is 9.61. The van der Waals surface area contributed by atoms with Crippen molar-refractivity contribution in [3.8, 4) is 0 Å². The normalized spacial score (nSPS) is 28.8. The fourth-order valence-corrected chi connectivity index (χ4v) is 4.05. The minimum atomic E-state index is 0.187. The highest BCUT2D eigenvalue weighted by atomic mass is 79.9. The lowest BCUT2D eigenvalue weighted by molar-refractivity contribution is 0.0711. The van der Waals surface area contributed by atoms with Crippen LogP contribution in [0.5, 0.6) is 0 Å². The molecular weight excluding hydrogens is 316 g/mol. The topological polar surface area (TPSA) is 32.3 Å². The maximum atomic E-state index is 12.8. The van der Waals surface area contributed by atoms with Crippen molar-refractivity contribution in [3.05, 3.63) is 33.8 Å². The van der Waals surface area contributed by atoms with Crippen LogP contribution in [0.4, 0.5) is 0 Å². The van der Waals surface area contributed by atoms with Gasteiger partial charge in [-0.25, -0.2) is 0 Å².